The summed E-state index contributed by atoms with van der Waals surface area (Å²) in [5.41, 5.74) is 0. The second-order valence-electron chi connectivity index (χ2n) is 16.0. The first kappa shape index (κ1) is 53.9. The molecule has 0 aromatic heterocycles. The molecule has 3 unspecified atom stereocenters. The van der Waals surface area contributed by atoms with Gasteiger partial charge in [0.15, 0.2) is 0 Å². The van der Waals surface area contributed by atoms with Crippen molar-refractivity contribution < 1.29 is 32.9 Å². The zero-order valence-corrected chi connectivity index (χ0v) is 37.5. The Hall–Kier alpha value is -2.06. The summed E-state index contributed by atoms with van der Waals surface area (Å²) in [5, 5.41) is 13.7. The number of carbonyl (C=O) groups excluding carboxylic acids is 1. The van der Waals surface area contributed by atoms with Crippen molar-refractivity contribution in [2.24, 2.45) is 0 Å². The van der Waals surface area contributed by atoms with Gasteiger partial charge >= 0.3 is 0 Å². The highest BCUT2D eigenvalue weighted by Crippen LogP contribution is 2.38. The maximum Gasteiger partial charge on any atom is 0.268 e. The number of aliphatic hydroxyl groups is 1. The van der Waals surface area contributed by atoms with E-state index in [9.17, 15) is 19.4 Å². The molecule has 0 aromatic rings. The average Bonchev–Trinajstić information content (AvgIpc) is 3.15. The van der Waals surface area contributed by atoms with Crippen LogP contribution in [-0.2, 0) is 18.4 Å². The third kappa shape index (κ3) is 40.1. The van der Waals surface area contributed by atoms with Gasteiger partial charge in [0.2, 0.25) is 5.91 Å². The van der Waals surface area contributed by atoms with E-state index < -0.39 is 20.0 Å². The molecule has 0 aliphatic carbocycles. The van der Waals surface area contributed by atoms with E-state index in [1.54, 1.807) is 6.08 Å². The fourth-order valence-corrected chi connectivity index (χ4v) is 6.61. The fraction of sp³-hybridized carbons (Fsp3) is 0.723. The van der Waals surface area contributed by atoms with Gasteiger partial charge in [-0.25, -0.2) is 0 Å². The van der Waals surface area contributed by atoms with Gasteiger partial charge in [-0.05, 0) is 64.2 Å². The predicted octanol–water partition coefficient (Wildman–Crippen LogP) is 11.8. The zero-order chi connectivity index (χ0) is 41.4. The van der Waals surface area contributed by atoms with Crippen LogP contribution < -0.4 is 10.2 Å². The fourth-order valence-electron chi connectivity index (χ4n) is 5.88. The summed E-state index contributed by atoms with van der Waals surface area (Å²) < 4.78 is 23.1. The van der Waals surface area contributed by atoms with Crippen molar-refractivity contribution in [2.45, 2.75) is 180 Å². The Labute approximate surface area is 344 Å². The average molecular weight is 805 g/mol. The summed E-state index contributed by atoms with van der Waals surface area (Å²) in [4.78, 5) is 25.2. The van der Waals surface area contributed by atoms with E-state index in [2.05, 4.69) is 79.9 Å². The summed E-state index contributed by atoms with van der Waals surface area (Å²) in [6.07, 6.45) is 51.0. The molecule has 0 aliphatic rings. The van der Waals surface area contributed by atoms with Crippen LogP contribution in [0.2, 0.25) is 0 Å². The molecule has 0 fully saturated rings. The number of rotatable bonds is 39. The molecular formula is C47H85N2O6P. The summed E-state index contributed by atoms with van der Waals surface area (Å²) >= 11 is 0. The van der Waals surface area contributed by atoms with Crippen LogP contribution in [0.1, 0.15) is 168 Å². The lowest BCUT2D eigenvalue weighted by atomic mass is 10.0. The van der Waals surface area contributed by atoms with Crippen molar-refractivity contribution >= 4 is 13.7 Å². The number of hydrogen-bond acceptors (Lipinski definition) is 6. The molecule has 0 radical (unpaired) electrons. The Morgan fingerprint density at radius 2 is 1.09 bits per heavy atom. The third-order valence-electron chi connectivity index (χ3n) is 9.42. The largest absolute Gasteiger partial charge is 0.756 e. The highest BCUT2D eigenvalue weighted by Gasteiger charge is 2.23. The number of amides is 1. The van der Waals surface area contributed by atoms with Gasteiger partial charge in [0.05, 0.1) is 39.9 Å². The van der Waals surface area contributed by atoms with Crippen molar-refractivity contribution in [3.63, 3.8) is 0 Å². The minimum absolute atomic E-state index is 0.00594. The van der Waals surface area contributed by atoms with Crippen LogP contribution in [0.15, 0.2) is 72.9 Å². The summed E-state index contributed by atoms with van der Waals surface area (Å²) in [6, 6.07) is -0.891. The van der Waals surface area contributed by atoms with E-state index in [-0.39, 0.29) is 19.1 Å². The zero-order valence-electron chi connectivity index (χ0n) is 36.6. The molecular weight excluding hydrogens is 719 g/mol. The number of phosphoric acid groups is 1. The molecule has 56 heavy (non-hydrogen) atoms. The van der Waals surface area contributed by atoms with E-state index in [4.69, 9.17) is 9.05 Å². The molecule has 0 spiro atoms. The van der Waals surface area contributed by atoms with E-state index in [1.807, 2.05) is 27.2 Å². The van der Waals surface area contributed by atoms with Crippen LogP contribution in [0, 0.1) is 0 Å². The lowest BCUT2D eigenvalue weighted by molar-refractivity contribution is -0.870. The molecule has 0 bridgehead atoms. The molecule has 0 rings (SSSR count). The number of nitrogens with zero attached hydrogens (tertiary/aromatic N) is 1. The highest BCUT2D eigenvalue weighted by atomic mass is 31.2. The summed E-state index contributed by atoms with van der Waals surface area (Å²) in [5.74, 6) is -0.211. The second-order valence-corrected chi connectivity index (χ2v) is 17.4. The number of aliphatic hydroxyl groups excluding tert-OH is 1. The molecule has 0 heterocycles. The highest BCUT2D eigenvalue weighted by molar-refractivity contribution is 7.45. The lowest BCUT2D eigenvalue weighted by Gasteiger charge is -2.29. The quantitative estimate of drug-likeness (QED) is 0.0277. The van der Waals surface area contributed by atoms with Crippen molar-refractivity contribution in [1.29, 1.82) is 0 Å². The molecule has 0 aliphatic heterocycles. The number of carbonyl (C=O) groups is 1. The predicted molar refractivity (Wildman–Crippen MR) is 237 cm³/mol. The molecule has 2 N–H and O–H groups in total. The minimum Gasteiger partial charge on any atom is -0.756 e. The van der Waals surface area contributed by atoms with Gasteiger partial charge < -0.3 is 28.8 Å². The Morgan fingerprint density at radius 1 is 0.643 bits per heavy atom. The van der Waals surface area contributed by atoms with Crippen molar-refractivity contribution in [1.82, 2.24) is 5.32 Å². The molecule has 0 aromatic carbocycles. The molecule has 0 saturated carbocycles. The van der Waals surface area contributed by atoms with Crippen molar-refractivity contribution in [2.75, 3.05) is 40.9 Å². The van der Waals surface area contributed by atoms with Crippen LogP contribution in [-0.4, -0.2) is 68.5 Å². The first-order valence-electron chi connectivity index (χ1n) is 22.3. The van der Waals surface area contributed by atoms with Gasteiger partial charge in [-0.1, -0.05) is 170 Å². The molecule has 9 heteroatoms. The molecule has 8 nitrogen and oxygen atoms in total. The van der Waals surface area contributed by atoms with Crippen LogP contribution in [0.3, 0.4) is 0 Å². The Balaban J connectivity index is 4.25. The summed E-state index contributed by atoms with van der Waals surface area (Å²) in [7, 11) is 1.24. The number of allylic oxidation sites excluding steroid dienone is 11. The van der Waals surface area contributed by atoms with E-state index >= 15 is 0 Å². The SMILES string of the molecule is CC/C=C\C/C=C\C/C=C\C/C=C\C/C=C\CCCCCCCCCCCC(=O)NC(COP(=O)([O-])OCC[N+](C)(C)C)C(O)/C=C/CCCCCCCCC. The Kier molecular flexibility index (Phi) is 37.0. The molecule has 324 valence electrons. The maximum atomic E-state index is 12.8. The lowest BCUT2D eigenvalue weighted by Crippen LogP contribution is -2.45. The number of phosphoric ester groups is 1. The summed E-state index contributed by atoms with van der Waals surface area (Å²) in [6.45, 7) is 4.47. The van der Waals surface area contributed by atoms with Crippen molar-refractivity contribution in [3.05, 3.63) is 72.9 Å². The van der Waals surface area contributed by atoms with Crippen LogP contribution in [0.25, 0.3) is 0 Å². The normalized spacial score (nSPS) is 15.1. The number of nitrogens with one attached hydrogen (secondary N) is 1. The van der Waals surface area contributed by atoms with Gasteiger partial charge in [0.1, 0.15) is 13.2 Å². The van der Waals surface area contributed by atoms with Gasteiger partial charge in [0.25, 0.3) is 7.82 Å². The number of quaternary nitrogens is 1. The number of likely N-dealkylation sites (N-methyl/N-ethyl adjacent to an activating group) is 1. The number of hydrogen-bond donors (Lipinski definition) is 2. The van der Waals surface area contributed by atoms with E-state index in [0.717, 1.165) is 77.0 Å². The first-order chi connectivity index (χ1) is 27.0. The molecule has 1 amide bonds. The topological polar surface area (TPSA) is 108 Å². The maximum absolute atomic E-state index is 12.8. The second kappa shape index (κ2) is 38.5. The monoisotopic (exact) mass is 805 g/mol. The third-order valence-corrected chi connectivity index (χ3v) is 10.4. The van der Waals surface area contributed by atoms with Crippen molar-refractivity contribution in [3.8, 4) is 0 Å². The Morgan fingerprint density at radius 3 is 1.59 bits per heavy atom. The van der Waals surface area contributed by atoms with Crippen LogP contribution in [0.5, 0.6) is 0 Å². The van der Waals surface area contributed by atoms with E-state index in [0.29, 0.717) is 17.4 Å². The van der Waals surface area contributed by atoms with Gasteiger partial charge in [-0.2, -0.15) is 0 Å². The Bertz CT molecular complexity index is 1140. The first-order valence-corrected chi connectivity index (χ1v) is 23.8. The van der Waals surface area contributed by atoms with Gasteiger partial charge in [-0.3, -0.25) is 9.36 Å². The smallest absolute Gasteiger partial charge is 0.268 e. The van der Waals surface area contributed by atoms with Gasteiger partial charge in [0, 0.05) is 6.42 Å². The van der Waals surface area contributed by atoms with Crippen LogP contribution >= 0.6 is 7.82 Å². The van der Waals surface area contributed by atoms with Crippen LogP contribution in [0.4, 0.5) is 0 Å². The standard InChI is InChI=1S/C47H85N2O6P/c1-6-8-10-12-14-16-17-18-19-20-21-22-23-24-25-26-27-28-29-30-31-33-35-37-39-41-47(51)48-45(44-55-56(52,53)54-43-42-49(3,4)5)46(50)40-38-36-34-32-15-13-11-9-7-2/h8,10,14,16,18-19,21-22,24-25,38,40,45-46,50H,6-7,9,11-13,15,17,20,23,26-37,39,41-44H2,1-5H3,(H-,48,51,52,53)/b10-8-,16-14-,19-18-,22-21-,25-24-,40-38+. The van der Waals surface area contributed by atoms with Gasteiger partial charge in [-0.15, -0.1) is 0 Å². The number of unbranched alkanes of at least 4 members (excludes halogenated alkanes) is 16. The van der Waals surface area contributed by atoms with E-state index in [1.165, 1.54) is 70.6 Å². The molecule has 0 saturated heterocycles. The minimum atomic E-state index is -4.59. The molecule has 3 atom stereocenters.